The smallest absolute Gasteiger partial charge is 0.157 e. The topological polar surface area (TPSA) is 40.5 Å². The van der Waals surface area contributed by atoms with E-state index < -0.39 is 6.29 Å². The summed E-state index contributed by atoms with van der Waals surface area (Å²) in [5, 5.41) is 20.9. The molecule has 23 heavy (non-hydrogen) atoms. The quantitative estimate of drug-likeness (QED) is 0.722. The van der Waals surface area contributed by atoms with Gasteiger partial charge < -0.3 is 10.2 Å². The molecule has 0 bridgehead atoms. The number of hydrogen-bond acceptors (Lipinski definition) is 2. The molecule has 0 saturated heterocycles. The maximum Gasteiger partial charge on any atom is 0.157 e. The van der Waals surface area contributed by atoms with Crippen LogP contribution >= 0.6 is 0 Å². The molecule has 4 fully saturated rings. The second-order valence-corrected chi connectivity index (χ2v) is 9.61. The Morgan fingerprint density at radius 3 is 2.48 bits per heavy atom. The van der Waals surface area contributed by atoms with E-state index in [1.807, 2.05) is 0 Å². The number of aliphatic hydroxyl groups excluding tert-OH is 1. The predicted molar refractivity (Wildman–Crippen MR) is 92.7 cm³/mol. The van der Waals surface area contributed by atoms with E-state index in [9.17, 15) is 10.2 Å². The summed E-state index contributed by atoms with van der Waals surface area (Å²) in [5.41, 5.74) is 0.381. The van der Waals surface area contributed by atoms with Crippen molar-refractivity contribution in [2.75, 3.05) is 0 Å². The molecule has 0 spiro atoms. The normalized spacial score (nSPS) is 52.8. The lowest BCUT2D eigenvalue weighted by Gasteiger charge is -2.62. The first-order chi connectivity index (χ1) is 11.0. The molecule has 2 heteroatoms. The molecule has 4 aliphatic rings. The molecule has 2 N–H and O–H groups in total. The molecule has 1 unspecified atom stereocenters. The summed E-state index contributed by atoms with van der Waals surface area (Å²) in [6.07, 6.45) is 13.1. The number of hydrogen-bond donors (Lipinski definition) is 2. The van der Waals surface area contributed by atoms with Crippen molar-refractivity contribution < 1.29 is 10.2 Å². The van der Waals surface area contributed by atoms with E-state index in [1.165, 1.54) is 64.2 Å². The average molecular weight is 321 g/mol. The summed E-state index contributed by atoms with van der Waals surface area (Å²) in [5.74, 6) is 3.68. The fourth-order valence-electron chi connectivity index (χ4n) is 8.26. The summed E-state index contributed by atoms with van der Waals surface area (Å²) in [4.78, 5) is 0. The molecular weight excluding hydrogens is 284 g/mol. The number of fused-ring (bicyclic) bond motifs is 5. The molecule has 0 aromatic heterocycles. The molecule has 4 aliphatic carbocycles. The van der Waals surface area contributed by atoms with Crippen LogP contribution in [0.2, 0.25) is 0 Å². The second kappa shape index (κ2) is 5.73. The standard InChI is InChI=1S/C21H36O2/c1-3-14-8-10-17-16-9-7-15-6-4-5-12-21(15,19(22)23)18(16)11-13-20(14,17)2/h14-19,22-23H,3-13H2,1-2H3/t14-,15?,16-,17-,18-,20+,21+/m0/s1. The SMILES string of the molecule is CC[C@H]1CC[C@H]2[C@@H]3CCC4CCCC[C@]4(C(O)O)[C@H]3CC[C@]12C. The van der Waals surface area contributed by atoms with Gasteiger partial charge in [0.2, 0.25) is 0 Å². The number of aliphatic hydroxyl groups is 2. The Labute approximate surface area is 142 Å². The van der Waals surface area contributed by atoms with Gasteiger partial charge in [-0.05, 0) is 86.4 Å². The van der Waals surface area contributed by atoms with Crippen LogP contribution in [0.3, 0.4) is 0 Å². The first-order valence-electron chi connectivity index (χ1n) is 10.4. The van der Waals surface area contributed by atoms with Crippen molar-refractivity contribution in [2.45, 2.75) is 90.8 Å². The number of rotatable bonds is 2. The maximum absolute atomic E-state index is 10.5. The highest BCUT2D eigenvalue weighted by Crippen LogP contribution is 2.68. The summed E-state index contributed by atoms with van der Waals surface area (Å²) in [6, 6.07) is 0. The van der Waals surface area contributed by atoms with Crippen LogP contribution in [0.15, 0.2) is 0 Å². The summed E-state index contributed by atoms with van der Waals surface area (Å²) >= 11 is 0. The van der Waals surface area contributed by atoms with Gasteiger partial charge in [0.05, 0.1) is 0 Å². The van der Waals surface area contributed by atoms with Gasteiger partial charge in [0.15, 0.2) is 6.29 Å². The molecule has 4 rings (SSSR count). The first kappa shape index (κ1) is 16.4. The van der Waals surface area contributed by atoms with Crippen LogP contribution in [-0.4, -0.2) is 16.5 Å². The molecule has 0 amide bonds. The molecule has 0 heterocycles. The van der Waals surface area contributed by atoms with Gasteiger partial charge in [-0.15, -0.1) is 0 Å². The van der Waals surface area contributed by atoms with Crippen LogP contribution in [0.25, 0.3) is 0 Å². The summed E-state index contributed by atoms with van der Waals surface area (Å²) in [6.45, 7) is 4.95. The minimum Gasteiger partial charge on any atom is -0.368 e. The average Bonchev–Trinajstić information content (AvgIpc) is 2.90. The van der Waals surface area contributed by atoms with Crippen molar-refractivity contribution in [1.29, 1.82) is 0 Å². The van der Waals surface area contributed by atoms with E-state index in [-0.39, 0.29) is 5.41 Å². The predicted octanol–water partition coefficient (Wildman–Crippen LogP) is 4.74. The lowest BCUT2D eigenvalue weighted by Crippen LogP contribution is -2.58. The largest absolute Gasteiger partial charge is 0.368 e. The highest BCUT2D eigenvalue weighted by Gasteiger charge is 2.62. The van der Waals surface area contributed by atoms with Crippen molar-refractivity contribution in [2.24, 2.45) is 40.4 Å². The zero-order valence-electron chi connectivity index (χ0n) is 15.1. The third-order valence-electron chi connectivity index (χ3n) is 9.32. The van der Waals surface area contributed by atoms with Gasteiger partial charge in [0, 0.05) is 5.41 Å². The minimum atomic E-state index is -1.09. The molecule has 132 valence electrons. The molecule has 0 aromatic carbocycles. The molecule has 4 saturated carbocycles. The van der Waals surface area contributed by atoms with Crippen molar-refractivity contribution in [3.8, 4) is 0 Å². The van der Waals surface area contributed by atoms with Crippen LogP contribution in [0.5, 0.6) is 0 Å². The fourth-order valence-corrected chi connectivity index (χ4v) is 8.26. The Morgan fingerprint density at radius 2 is 1.74 bits per heavy atom. The molecular formula is C21H36O2. The third kappa shape index (κ3) is 2.13. The molecule has 0 aliphatic heterocycles. The molecule has 2 nitrogen and oxygen atoms in total. The van der Waals surface area contributed by atoms with E-state index >= 15 is 0 Å². The van der Waals surface area contributed by atoms with Gasteiger partial charge in [-0.3, -0.25) is 0 Å². The Balaban J connectivity index is 1.67. The van der Waals surface area contributed by atoms with Gasteiger partial charge in [0.25, 0.3) is 0 Å². The van der Waals surface area contributed by atoms with E-state index in [2.05, 4.69) is 13.8 Å². The second-order valence-electron chi connectivity index (χ2n) is 9.61. The molecule has 0 radical (unpaired) electrons. The Bertz CT molecular complexity index is 447. The van der Waals surface area contributed by atoms with Gasteiger partial charge in [-0.25, -0.2) is 0 Å². The van der Waals surface area contributed by atoms with Crippen molar-refractivity contribution in [1.82, 2.24) is 0 Å². The highest BCUT2D eigenvalue weighted by atomic mass is 16.5. The van der Waals surface area contributed by atoms with Gasteiger partial charge in [0.1, 0.15) is 0 Å². The molecule has 7 atom stereocenters. The monoisotopic (exact) mass is 320 g/mol. The van der Waals surface area contributed by atoms with E-state index in [1.54, 1.807) is 0 Å². The summed E-state index contributed by atoms with van der Waals surface area (Å²) < 4.78 is 0. The van der Waals surface area contributed by atoms with E-state index in [0.29, 0.717) is 17.3 Å². The van der Waals surface area contributed by atoms with Gasteiger partial charge >= 0.3 is 0 Å². The Hall–Kier alpha value is -0.0800. The van der Waals surface area contributed by atoms with Crippen LogP contribution in [0.1, 0.15) is 84.5 Å². The molecule has 0 aromatic rings. The van der Waals surface area contributed by atoms with Crippen LogP contribution in [0.4, 0.5) is 0 Å². The van der Waals surface area contributed by atoms with Crippen molar-refractivity contribution in [3.05, 3.63) is 0 Å². The zero-order chi connectivity index (χ0) is 16.2. The van der Waals surface area contributed by atoms with Gasteiger partial charge in [-0.2, -0.15) is 0 Å². The Morgan fingerprint density at radius 1 is 0.913 bits per heavy atom. The fraction of sp³-hybridized carbons (Fsp3) is 1.00. The first-order valence-corrected chi connectivity index (χ1v) is 10.4. The lowest BCUT2D eigenvalue weighted by atomic mass is 9.44. The van der Waals surface area contributed by atoms with Crippen LogP contribution < -0.4 is 0 Å². The maximum atomic E-state index is 10.5. The summed E-state index contributed by atoms with van der Waals surface area (Å²) in [7, 11) is 0. The lowest BCUT2D eigenvalue weighted by molar-refractivity contribution is -0.237. The Kier molecular flexibility index (Phi) is 4.08. The third-order valence-corrected chi connectivity index (χ3v) is 9.32. The highest BCUT2D eigenvalue weighted by molar-refractivity contribution is 5.10. The minimum absolute atomic E-state index is 0.160. The van der Waals surface area contributed by atoms with Crippen LogP contribution in [-0.2, 0) is 0 Å². The van der Waals surface area contributed by atoms with Gasteiger partial charge in [-0.1, -0.05) is 33.1 Å². The van der Waals surface area contributed by atoms with Crippen molar-refractivity contribution in [3.63, 3.8) is 0 Å². The van der Waals surface area contributed by atoms with E-state index in [4.69, 9.17) is 0 Å². The van der Waals surface area contributed by atoms with Crippen LogP contribution in [0, 0.1) is 40.4 Å². The zero-order valence-corrected chi connectivity index (χ0v) is 15.1. The van der Waals surface area contributed by atoms with Crippen molar-refractivity contribution >= 4 is 0 Å². The van der Waals surface area contributed by atoms with E-state index in [0.717, 1.165) is 24.2 Å².